The molecule has 3 rings (SSSR count). The predicted octanol–water partition coefficient (Wildman–Crippen LogP) is 4.99. The number of hydrogen-bond acceptors (Lipinski definition) is 4. The van der Waals surface area contributed by atoms with Crippen molar-refractivity contribution in [3.63, 3.8) is 0 Å². The maximum absolute atomic E-state index is 13.6. The highest BCUT2D eigenvalue weighted by Gasteiger charge is 2.30. The molecule has 180 valence electrons. The second-order valence-electron chi connectivity index (χ2n) is 8.13. The number of nitrogens with zero attached hydrogens (tertiary/aromatic N) is 1. The molecule has 0 aromatic heterocycles. The van der Waals surface area contributed by atoms with Crippen LogP contribution >= 0.6 is 11.6 Å². The third-order valence-electron chi connectivity index (χ3n) is 5.42. The molecular weight excluding hydrogens is 472 g/mol. The first-order valence-electron chi connectivity index (χ1n) is 11.0. The van der Waals surface area contributed by atoms with Crippen molar-refractivity contribution in [3.8, 4) is 5.75 Å². The van der Waals surface area contributed by atoms with Crippen LogP contribution < -0.4 is 14.4 Å². The number of benzene rings is 3. The number of ether oxygens (including phenoxy) is 1. The van der Waals surface area contributed by atoms with E-state index in [0.29, 0.717) is 10.8 Å². The lowest BCUT2D eigenvalue weighted by molar-refractivity contribution is -0.120. The van der Waals surface area contributed by atoms with E-state index in [2.05, 4.69) is 5.32 Å². The molecule has 0 bridgehead atoms. The first-order valence-corrected chi connectivity index (χ1v) is 12.8. The maximum atomic E-state index is 13.6. The first-order chi connectivity index (χ1) is 16.2. The summed E-state index contributed by atoms with van der Waals surface area (Å²) in [4.78, 5) is 13.0. The molecule has 0 aliphatic carbocycles. The molecule has 3 aromatic rings. The molecule has 0 radical (unpaired) electrons. The molecule has 1 amide bonds. The Labute approximate surface area is 206 Å². The standard InChI is InChI=1S/C26H29ClN2O4S/c1-19-9-14-23(15-10-19)34(31,32)29(24-17-22(27)13-16-25(24)33-3)18-26(30)28-20(2)11-12-21-7-5-4-6-8-21/h4-10,13-17,20H,11-12,18H2,1-3H3,(H,28,30)/t20-/m0/s1. The van der Waals surface area contributed by atoms with Crippen LogP contribution in [0.4, 0.5) is 5.69 Å². The van der Waals surface area contributed by atoms with Crippen LogP contribution in [-0.4, -0.2) is 34.0 Å². The van der Waals surface area contributed by atoms with Gasteiger partial charge in [-0.2, -0.15) is 0 Å². The number of hydrogen-bond donors (Lipinski definition) is 1. The second-order valence-corrected chi connectivity index (χ2v) is 10.4. The van der Waals surface area contributed by atoms with Gasteiger partial charge in [-0.1, -0.05) is 59.6 Å². The molecular formula is C26H29ClN2O4S. The van der Waals surface area contributed by atoms with Gasteiger partial charge >= 0.3 is 0 Å². The van der Waals surface area contributed by atoms with Crippen LogP contribution in [0.3, 0.4) is 0 Å². The molecule has 0 saturated carbocycles. The topological polar surface area (TPSA) is 75.7 Å². The van der Waals surface area contributed by atoms with Gasteiger partial charge in [-0.05, 0) is 62.6 Å². The fourth-order valence-corrected chi connectivity index (χ4v) is 5.14. The highest BCUT2D eigenvalue weighted by Crippen LogP contribution is 2.34. The summed E-state index contributed by atoms with van der Waals surface area (Å²) < 4.78 is 33.6. The van der Waals surface area contributed by atoms with E-state index in [1.54, 1.807) is 24.3 Å². The van der Waals surface area contributed by atoms with Crippen molar-refractivity contribution in [2.24, 2.45) is 0 Å². The van der Waals surface area contributed by atoms with Gasteiger partial charge in [-0.15, -0.1) is 0 Å². The van der Waals surface area contributed by atoms with Gasteiger partial charge in [0.25, 0.3) is 10.0 Å². The first kappa shape index (κ1) is 25.6. The minimum Gasteiger partial charge on any atom is -0.495 e. The van der Waals surface area contributed by atoms with E-state index >= 15 is 0 Å². The molecule has 1 atom stereocenters. The van der Waals surface area contributed by atoms with Crippen molar-refractivity contribution in [1.82, 2.24) is 5.32 Å². The maximum Gasteiger partial charge on any atom is 0.264 e. The number of rotatable bonds is 10. The molecule has 0 heterocycles. The second kappa shape index (κ2) is 11.4. The summed E-state index contributed by atoms with van der Waals surface area (Å²) in [6.07, 6.45) is 1.52. The normalized spacial score (nSPS) is 12.1. The Balaban J connectivity index is 1.84. The van der Waals surface area contributed by atoms with Gasteiger partial charge in [0.05, 0.1) is 17.7 Å². The van der Waals surface area contributed by atoms with E-state index in [1.165, 1.54) is 30.9 Å². The summed E-state index contributed by atoms with van der Waals surface area (Å²) in [5.41, 5.74) is 2.30. The van der Waals surface area contributed by atoms with E-state index in [4.69, 9.17) is 16.3 Å². The summed E-state index contributed by atoms with van der Waals surface area (Å²) in [7, 11) is -2.63. The van der Waals surface area contributed by atoms with Crippen molar-refractivity contribution >= 4 is 33.2 Å². The van der Waals surface area contributed by atoms with Crippen LogP contribution in [0.2, 0.25) is 5.02 Å². The molecule has 0 fully saturated rings. The number of methoxy groups -OCH3 is 1. The molecule has 34 heavy (non-hydrogen) atoms. The van der Waals surface area contributed by atoms with Crippen molar-refractivity contribution in [3.05, 3.63) is 88.9 Å². The van der Waals surface area contributed by atoms with Crippen LogP contribution in [0, 0.1) is 6.92 Å². The number of halogens is 1. The van der Waals surface area contributed by atoms with Gasteiger partial charge < -0.3 is 10.1 Å². The zero-order chi connectivity index (χ0) is 24.7. The lowest BCUT2D eigenvalue weighted by Crippen LogP contribution is -2.43. The third-order valence-corrected chi connectivity index (χ3v) is 7.43. The lowest BCUT2D eigenvalue weighted by Gasteiger charge is -2.26. The van der Waals surface area contributed by atoms with Crippen molar-refractivity contribution in [2.75, 3.05) is 18.0 Å². The SMILES string of the molecule is COc1ccc(Cl)cc1N(CC(=O)N[C@@H](C)CCc1ccccc1)S(=O)(=O)c1ccc(C)cc1. The monoisotopic (exact) mass is 500 g/mol. The van der Waals surface area contributed by atoms with Crippen LogP contribution in [0.15, 0.2) is 77.7 Å². The molecule has 0 unspecified atom stereocenters. The van der Waals surface area contributed by atoms with E-state index in [0.717, 1.165) is 22.7 Å². The lowest BCUT2D eigenvalue weighted by atomic mass is 10.1. The summed E-state index contributed by atoms with van der Waals surface area (Å²) in [6.45, 7) is 3.36. The van der Waals surface area contributed by atoms with Crippen molar-refractivity contribution < 1.29 is 17.9 Å². The zero-order valence-electron chi connectivity index (χ0n) is 19.5. The molecule has 0 spiro atoms. The number of aryl methyl sites for hydroxylation is 2. The van der Waals surface area contributed by atoms with Gasteiger partial charge in [-0.25, -0.2) is 8.42 Å². The number of carbonyl (C=O) groups is 1. The van der Waals surface area contributed by atoms with Crippen LogP contribution in [-0.2, 0) is 21.2 Å². The average molecular weight is 501 g/mol. The van der Waals surface area contributed by atoms with E-state index in [9.17, 15) is 13.2 Å². The molecule has 0 saturated heterocycles. The number of sulfonamides is 1. The van der Waals surface area contributed by atoms with Crippen molar-refractivity contribution in [1.29, 1.82) is 0 Å². The summed E-state index contributed by atoms with van der Waals surface area (Å²) in [5, 5.41) is 3.25. The highest BCUT2D eigenvalue weighted by atomic mass is 35.5. The largest absolute Gasteiger partial charge is 0.495 e. The predicted molar refractivity (Wildman–Crippen MR) is 136 cm³/mol. The third kappa shape index (κ3) is 6.52. The molecule has 8 heteroatoms. The average Bonchev–Trinajstić information content (AvgIpc) is 2.82. The van der Waals surface area contributed by atoms with Crippen LogP contribution in [0.25, 0.3) is 0 Å². The highest BCUT2D eigenvalue weighted by molar-refractivity contribution is 7.92. The number of carbonyl (C=O) groups excluding carboxylic acids is 1. The molecule has 0 aliphatic rings. The summed E-state index contributed by atoms with van der Waals surface area (Å²) in [6, 6.07) is 21.0. The Morgan fingerprint density at radius 2 is 1.74 bits per heavy atom. The fourth-order valence-electron chi connectivity index (χ4n) is 3.55. The Kier molecular flexibility index (Phi) is 8.58. The number of amides is 1. The summed E-state index contributed by atoms with van der Waals surface area (Å²) in [5.74, 6) is -0.122. The van der Waals surface area contributed by atoms with Crippen molar-refractivity contribution in [2.45, 2.75) is 37.6 Å². The molecule has 1 N–H and O–H groups in total. The van der Waals surface area contributed by atoms with Gasteiger partial charge in [0.1, 0.15) is 12.3 Å². The fraction of sp³-hybridized carbons (Fsp3) is 0.269. The van der Waals surface area contributed by atoms with Gasteiger partial charge in [0.15, 0.2) is 0 Å². The number of nitrogens with one attached hydrogen (secondary N) is 1. The van der Waals surface area contributed by atoms with Crippen LogP contribution in [0.5, 0.6) is 5.75 Å². The number of anilines is 1. The van der Waals surface area contributed by atoms with Crippen LogP contribution in [0.1, 0.15) is 24.5 Å². The minimum absolute atomic E-state index is 0.0741. The Hall–Kier alpha value is -3.03. The molecule has 3 aromatic carbocycles. The van der Waals surface area contributed by atoms with Gasteiger partial charge in [0, 0.05) is 11.1 Å². The van der Waals surface area contributed by atoms with E-state index < -0.39 is 22.5 Å². The van der Waals surface area contributed by atoms with Gasteiger partial charge in [0.2, 0.25) is 5.91 Å². The summed E-state index contributed by atoms with van der Waals surface area (Å²) >= 11 is 6.18. The van der Waals surface area contributed by atoms with E-state index in [1.807, 2.05) is 44.2 Å². The van der Waals surface area contributed by atoms with E-state index in [-0.39, 0.29) is 16.6 Å². The molecule has 6 nitrogen and oxygen atoms in total. The molecule has 0 aliphatic heterocycles. The Morgan fingerprint density at radius 1 is 1.06 bits per heavy atom. The zero-order valence-corrected chi connectivity index (χ0v) is 21.1. The quantitative estimate of drug-likeness (QED) is 0.425. The minimum atomic E-state index is -4.07. The smallest absolute Gasteiger partial charge is 0.264 e. The Morgan fingerprint density at radius 3 is 2.38 bits per heavy atom. The Bertz CT molecular complexity index is 1220. The van der Waals surface area contributed by atoms with Gasteiger partial charge in [-0.3, -0.25) is 9.10 Å².